The third-order valence-corrected chi connectivity index (χ3v) is 6.98. The first-order valence-electron chi connectivity index (χ1n) is 12.4. The molecule has 0 unspecified atom stereocenters. The summed E-state index contributed by atoms with van der Waals surface area (Å²) < 4.78 is 12.7. The normalized spacial score (nSPS) is 14.2. The number of nitrogens with two attached hydrogens (primary N) is 1. The van der Waals surface area contributed by atoms with Gasteiger partial charge in [0, 0.05) is 80.5 Å². The average Bonchev–Trinajstić information content (AvgIpc) is 3.18. The first-order chi connectivity index (χ1) is 17.8. The molecule has 0 radical (unpaired) electrons. The number of benzene rings is 3. The van der Waals surface area contributed by atoms with E-state index >= 15 is 0 Å². The van der Waals surface area contributed by atoms with Crippen molar-refractivity contribution in [1.82, 2.24) is 5.32 Å². The summed E-state index contributed by atoms with van der Waals surface area (Å²) in [7, 11) is 7.86. The zero-order chi connectivity index (χ0) is 26.3. The first kappa shape index (κ1) is 24.6. The Hall–Kier alpha value is -4.04. The molecule has 5 rings (SSSR count). The van der Waals surface area contributed by atoms with Gasteiger partial charge in [0.05, 0.1) is 5.56 Å². The molecule has 3 N–H and O–H groups in total. The molecule has 192 valence electrons. The van der Waals surface area contributed by atoms with E-state index in [1.165, 1.54) is 0 Å². The van der Waals surface area contributed by atoms with Crippen molar-refractivity contribution < 1.29 is 19.1 Å². The highest BCUT2D eigenvalue weighted by molar-refractivity contribution is 6.01. The number of nitrogens with one attached hydrogen (secondary N) is 1. The van der Waals surface area contributed by atoms with Crippen LogP contribution in [0.3, 0.4) is 0 Å². The minimum Gasteiger partial charge on any atom is -0.456 e. The number of anilines is 2. The molecule has 8 nitrogen and oxygen atoms in total. The molecule has 0 fully saturated rings. The van der Waals surface area contributed by atoms with Gasteiger partial charge in [0.1, 0.15) is 11.5 Å². The number of hydrogen-bond acceptors (Lipinski definition) is 7. The van der Waals surface area contributed by atoms with E-state index < -0.39 is 11.6 Å². The summed E-state index contributed by atoms with van der Waals surface area (Å²) in [6.07, 6.45) is 1.64. The average molecular weight is 501 g/mol. The number of hydrogen-bond donors (Lipinski definition) is 2. The largest absolute Gasteiger partial charge is 0.456 e. The van der Waals surface area contributed by atoms with Gasteiger partial charge < -0.3 is 30.3 Å². The van der Waals surface area contributed by atoms with E-state index in [0.29, 0.717) is 41.3 Å². The summed E-state index contributed by atoms with van der Waals surface area (Å²) in [4.78, 5) is 30.1. The van der Waals surface area contributed by atoms with Crippen molar-refractivity contribution in [2.45, 2.75) is 18.4 Å². The molecule has 0 saturated carbocycles. The predicted molar refractivity (Wildman–Crippen MR) is 144 cm³/mol. The van der Waals surface area contributed by atoms with Gasteiger partial charge in [-0.3, -0.25) is 4.79 Å². The van der Waals surface area contributed by atoms with Crippen LogP contribution in [0.15, 0.2) is 54.6 Å². The molecule has 0 aliphatic carbocycles. The molecule has 0 saturated heterocycles. The van der Waals surface area contributed by atoms with Gasteiger partial charge in [-0.05, 0) is 55.8 Å². The molecule has 0 aromatic heterocycles. The molecular formula is C29H32N4O4. The van der Waals surface area contributed by atoms with Gasteiger partial charge in [0.2, 0.25) is 0 Å². The van der Waals surface area contributed by atoms with Gasteiger partial charge in [0.15, 0.2) is 5.60 Å². The second-order valence-electron chi connectivity index (χ2n) is 9.83. The minimum absolute atomic E-state index is 0.229. The van der Waals surface area contributed by atoms with E-state index in [0.717, 1.165) is 35.3 Å². The number of ether oxygens (including phenoxy) is 2. The van der Waals surface area contributed by atoms with Gasteiger partial charge in [-0.1, -0.05) is 6.07 Å². The van der Waals surface area contributed by atoms with Crippen molar-refractivity contribution in [2.75, 3.05) is 51.1 Å². The summed E-state index contributed by atoms with van der Waals surface area (Å²) in [5.74, 6) is 0.543. The molecule has 3 aromatic rings. The van der Waals surface area contributed by atoms with Crippen molar-refractivity contribution in [2.24, 2.45) is 5.73 Å². The fourth-order valence-electron chi connectivity index (χ4n) is 4.98. The van der Waals surface area contributed by atoms with E-state index in [4.69, 9.17) is 15.2 Å². The van der Waals surface area contributed by atoms with Crippen LogP contribution in [0, 0.1) is 0 Å². The van der Waals surface area contributed by atoms with Crippen molar-refractivity contribution in [3.8, 4) is 11.5 Å². The van der Waals surface area contributed by atoms with Crippen molar-refractivity contribution >= 4 is 23.3 Å². The smallest absolute Gasteiger partial charge is 0.340 e. The lowest BCUT2D eigenvalue weighted by molar-refractivity contribution is 0.0224. The van der Waals surface area contributed by atoms with Gasteiger partial charge in [-0.15, -0.1) is 0 Å². The van der Waals surface area contributed by atoms with E-state index in [9.17, 15) is 9.59 Å². The lowest BCUT2D eigenvalue weighted by atomic mass is 9.77. The summed E-state index contributed by atoms with van der Waals surface area (Å²) in [6.45, 7) is 1.11. The molecule has 0 atom stereocenters. The summed E-state index contributed by atoms with van der Waals surface area (Å²) in [5, 5.41) is 2.90. The van der Waals surface area contributed by atoms with Crippen LogP contribution in [-0.2, 0) is 10.3 Å². The number of carbonyl (C=O) groups excluding carboxylic acids is 2. The summed E-state index contributed by atoms with van der Waals surface area (Å²) in [6, 6.07) is 17.0. The number of unbranched alkanes of at least 4 members (excludes halogenated alkanes) is 1. The Kier molecular flexibility index (Phi) is 6.29. The third-order valence-electron chi connectivity index (χ3n) is 6.98. The van der Waals surface area contributed by atoms with E-state index in [-0.39, 0.29) is 5.91 Å². The second-order valence-corrected chi connectivity index (χ2v) is 9.83. The zero-order valence-electron chi connectivity index (χ0n) is 21.6. The Morgan fingerprint density at radius 2 is 1.46 bits per heavy atom. The van der Waals surface area contributed by atoms with Crippen molar-refractivity contribution in [1.29, 1.82) is 0 Å². The molecule has 1 amide bonds. The fraction of sp³-hybridized carbons (Fsp3) is 0.310. The fourth-order valence-corrected chi connectivity index (χ4v) is 4.98. The molecular weight excluding hydrogens is 468 g/mol. The van der Waals surface area contributed by atoms with Gasteiger partial charge in [0.25, 0.3) is 5.91 Å². The highest BCUT2D eigenvalue weighted by Gasteiger charge is 2.53. The monoisotopic (exact) mass is 500 g/mol. The lowest BCUT2D eigenvalue weighted by Crippen LogP contribution is -2.33. The van der Waals surface area contributed by atoms with Crippen LogP contribution in [0.4, 0.5) is 11.4 Å². The Balaban J connectivity index is 1.64. The van der Waals surface area contributed by atoms with Gasteiger partial charge in [-0.2, -0.15) is 0 Å². The van der Waals surface area contributed by atoms with Crippen LogP contribution in [0.2, 0.25) is 0 Å². The molecule has 2 heterocycles. The van der Waals surface area contributed by atoms with Gasteiger partial charge in [-0.25, -0.2) is 4.79 Å². The molecule has 2 aliphatic rings. The zero-order valence-corrected chi connectivity index (χ0v) is 21.6. The molecule has 2 aliphatic heterocycles. The van der Waals surface area contributed by atoms with Crippen LogP contribution in [-0.4, -0.2) is 53.2 Å². The second kappa shape index (κ2) is 9.44. The van der Waals surface area contributed by atoms with Crippen LogP contribution in [0.1, 0.15) is 50.2 Å². The Morgan fingerprint density at radius 3 is 2.03 bits per heavy atom. The highest BCUT2D eigenvalue weighted by Crippen LogP contribution is 2.57. The number of amides is 1. The Labute approximate surface area is 217 Å². The highest BCUT2D eigenvalue weighted by atomic mass is 16.6. The third kappa shape index (κ3) is 4.07. The number of nitrogens with zero attached hydrogens (tertiary/aromatic N) is 2. The van der Waals surface area contributed by atoms with Crippen LogP contribution < -0.4 is 25.6 Å². The number of rotatable bonds is 7. The number of esters is 1. The molecule has 3 aromatic carbocycles. The molecule has 8 heteroatoms. The van der Waals surface area contributed by atoms with Crippen LogP contribution in [0.25, 0.3) is 0 Å². The van der Waals surface area contributed by atoms with E-state index in [1.54, 1.807) is 12.1 Å². The lowest BCUT2D eigenvalue weighted by Gasteiger charge is -2.37. The Bertz CT molecular complexity index is 1320. The SMILES string of the molecule is CN(C)c1ccc2c(c1)Oc1cc(N(C)C)ccc1C21OC(=O)c2cc(C(=O)NCCCCN)ccc21. The standard InChI is InChI=1S/C29H32N4O4/c1-32(2)19-8-11-23-25(16-19)36-26-17-20(33(3)4)9-12-24(26)29(23)22-10-7-18(15-21(22)28(35)37-29)27(34)31-14-6-5-13-30/h7-12,15-17H,5-6,13-14,30H2,1-4H3,(H,31,34). The quantitative estimate of drug-likeness (QED) is 0.376. The van der Waals surface area contributed by atoms with Crippen molar-refractivity contribution in [3.63, 3.8) is 0 Å². The van der Waals surface area contributed by atoms with Crippen LogP contribution in [0.5, 0.6) is 11.5 Å². The van der Waals surface area contributed by atoms with Crippen LogP contribution >= 0.6 is 0 Å². The van der Waals surface area contributed by atoms with E-state index in [2.05, 4.69) is 5.32 Å². The summed E-state index contributed by atoms with van der Waals surface area (Å²) >= 11 is 0. The minimum atomic E-state index is -1.18. The maximum Gasteiger partial charge on any atom is 0.340 e. The predicted octanol–water partition coefficient (Wildman–Crippen LogP) is 3.86. The molecule has 0 bridgehead atoms. The Morgan fingerprint density at radius 1 is 0.865 bits per heavy atom. The van der Waals surface area contributed by atoms with E-state index in [1.807, 2.05) is 80.5 Å². The maximum atomic E-state index is 13.4. The first-order valence-corrected chi connectivity index (χ1v) is 12.4. The summed E-state index contributed by atoms with van der Waals surface area (Å²) in [5.41, 5.74) is 9.26. The maximum absolute atomic E-state index is 13.4. The van der Waals surface area contributed by atoms with Gasteiger partial charge >= 0.3 is 5.97 Å². The topological polar surface area (TPSA) is 97.1 Å². The van der Waals surface area contributed by atoms with Crippen molar-refractivity contribution in [3.05, 3.63) is 82.4 Å². The number of carbonyl (C=O) groups is 2. The number of fused-ring (bicyclic) bond motifs is 6. The molecule has 1 spiro atoms. The molecule has 37 heavy (non-hydrogen) atoms.